The molecule has 2 N–H and O–H groups in total. The summed E-state index contributed by atoms with van der Waals surface area (Å²) in [6.45, 7) is 2.30. The second-order valence-electron chi connectivity index (χ2n) is 3.71. The van der Waals surface area contributed by atoms with Gasteiger partial charge in [0.15, 0.2) is 0 Å². The fourth-order valence-corrected chi connectivity index (χ4v) is 1.67. The quantitative estimate of drug-likeness (QED) is 0.550. The number of fused-ring (bicyclic) bond motifs is 1. The molecule has 16 heavy (non-hydrogen) atoms. The van der Waals surface area contributed by atoms with Crippen molar-refractivity contribution < 1.29 is 9.72 Å². The first-order valence-corrected chi connectivity index (χ1v) is 4.91. The highest BCUT2D eigenvalue weighted by molar-refractivity contribution is 6.02. The Labute approximate surface area is 91.8 Å². The Balaban J connectivity index is 2.58. The van der Waals surface area contributed by atoms with E-state index in [1.165, 1.54) is 12.1 Å². The van der Waals surface area contributed by atoms with Gasteiger partial charge in [-0.05, 0) is 13.0 Å². The summed E-state index contributed by atoms with van der Waals surface area (Å²) in [6.07, 6.45) is 0. The van der Waals surface area contributed by atoms with E-state index >= 15 is 0 Å². The van der Waals surface area contributed by atoms with Gasteiger partial charge in [-0.15, -0.1) is 0 Å². The highest BCUT2D eigenvalue weighted by atomic mass is 16.6. The van der Waals surface area contributed by atoms with Gasteiger partial charge >= 0.3 is 0 Å². The summed E-state index contributed by atoms with van der Waals surface area (Å²) in [5.74, 6) is -0.282. The summed E-state index contributed by atoms with van der Waals surface area (Å²) >= 11 is 0. The van der Waals surface area contributed by atoms with Crippen molar-refractivity contribution in [2.24, 2.45) is 0 Å². The number of nitro benzene ring substituents is 1. The Morgan fingerprint density at radius 3 is 2.94 bits per heavy atom. The standard InChI is InChI=1S/C10H11N3O3/c1-6-5-11-10(14)7-3-2-4-8(13(15)16)9(7)12-6/h2-4,6,12H,5H2,1H3,(H,11,14). The van der Waals surface area contributed by atoms with E-state index in [0.717, 1.165) is 0 Å². The van der Waals surface area contributed by atoms with Crippen LogP contribution >= 0.6 is 0 Å². The maximum Gasteiger partial charge on any atom is 0.293 e. The lowest BCUT2D eigenvalue weighted by Gasteiger charge is -2.11. The zero-order valence-corrected chi connectivity index (χ0v) is 8.69. The van der Waals surface area contributed by atoms with Gasteiger partial charge in [0.1, 0.15) is 5.69 Å². The van der Waals surface area contributed by atoms with Crippen LogP contribution < -0.4 is 10.6 Å². The first-order chi connectivity index (χ1) is 7.59. The number of para-hydroxylation sites is 1. The smallest absolute Gasteiger partial charge is 0.293 e. The Morgan fingerprint density at radius 1 is 1.50 bits per heavy atom. The predicted octanol–water partition coefficient (Wildman–Crippen LogP) is 1.14. The molecule has 1 amide bonds. The third-order valence-corrected chi connectivity index (χ3v) is 2.44. The van der Waals surface area contributed by atoms with Crippen LogP contribution in [0, 0.1) is 10.1 Å². The molecule has 0 aromatic heterocycles. The normalized spacial score (nSPS) is 19.1. The van der Waals surface area contributed by atoms with Gasteiger partial charge in [-0.25, -0.2) is 0 Å². The van der Waals surface area contributed by atoms with Crippen LogP contribution in [0.5, 0.6) is 0 Å². The Hall–Kier alpha value is -2.11. The Morgan fingerprint density at radius 2 is 2.25 bits per heavy atom. The minimum atomic E-state index is -0.489. The number of amides is 1. The van der Waals surface area contributed by atoms with Gasteiger partial charge in [-0.1, -0.05) is 6.07 Å². The first kappa shape index (κ1) is 10.4. The van der Waals surface area contributed by atoms with Crippen molar-refractivity contribution in [3.05, 3.63) is 33.9 Å². The van der Waals surface area contributed by atoms with E-state index in [9.17, 15) is 14.9 Å². The third kappa shape index (κ3) is 1.69. The van der Waals surface area contributed by atoms with Crippen LogP contribution in [-0.2, 0) is 0 Å². The average Bonchev–Trinajstić information content (AvgIpc) is 2.38. The maximum atomic E-state index is 11.7. The molecule has 6 nitrogen and oxygen atoms in total. The van der Waals surface area contributed by atoms with Crippen LogP contribution in [-0.4, -0.2) is 23.4 Å². The lowest BCUT2D eigenvalue weighted by atomic mass is 10.1. The van der Waals surface area contributed by atoms with Crippen molar-refractivity contribution >= 4 is 17.3 Å². The molecule has 1 aliphatic rings. The highest BCUT2D eigenvalue weighted by Crippen LogP contribution is 2.29. The summed E-state index contributed by atoms with van der Waals surface area (Å²) in [5, 5.41) is 16.5. The monoisotopic (exact) mass is 221 g/mol. The number of rotatable bonds is 1. The van der Waals surface area contributed by atoms with Crippen LogP contribution in [0.3, 0.4) is 0 Å². The zero-order valence-electron chi connectivity index (χ0n) is 8.69. The molecular weight excluding hydrogens is 210 g/mol. The fourth-order valence-electron chi connectivity index (χ4n) is 1.67. The number of nitrogens with one attached hydrogen (secondary N) is 2. The van der Waals surface area contributed by atoms with Crippen LogP contribution in [0.2, 0.25) is 0 Å². The summed E-state index contributed by atoms with van der Waals surface area (Å²) in [5.41, 5.74) is 0.551. The fraction of sp³-hybridized carbons (Fsp3) is 0.300. The lowest BCUT2D eigenvalue weighted by molar-refractivity contribution is -0.384. The molecule has 1 atom stereocenters. The number of anilines is 1. The van der Waals surface area contributed by atoms with Gasteiger partial charge in [0.2, 0.25) is 0 Å². The van der Waals surface area contributed by atoms with E-state index in [4.69, 9.17) is 0 Å². The molecular formula is C10H11N3O3. The van der Waals surface area contributed by atoms with Gasteiger partial charge in [0.25, 0.3) is 11.6 Å². The predicted molar refractivity (Wildman–Crippen MR) is 58.5 cm³/mol. The van der Waals surface area contributed by atoms with Crippen molar-refractivity contribution in [2.45, 2.75) is 13.0 Å². The lowest BCUT2D eigenvalue weighted by Crippen LogP contribution is -2.30. The molecule has 0 bridgehead atoms. The molecule has 0 saturated heterocycles. The number of nitro groups is 1. The molecule has 1 aromatic carbocycles. The molecule has 0 aliphatic carbocycles. The molecule has 1 heterocycles. The SMILES string of the molecule is CC1CNC(=O)c2cccc([N+](=O)[O-])c2N1. The molecule has 0 saturated carbocycles. The molecule has 1 unspecified atom stereocenters. The number of carbonyl (C=O) groups excluding carboxylic acids is 1. The van der Waals surface area contributed by atoms with E-state index in [0.29, 0.717) is 17.8 Å². The van der Waals surface area contributed by atoms with Crippen molar-refractivity contribution in [3.63, 3.8) is 0 Å². The molecule has 2 rings (SSSR count). The van der Waals surface area contributed by atoms with Crippen molar-refractivity contribution in [1.82, 2.24) is 5.32 Å². The average molecular weight is 221 g/mol. The van der Waals surface area contributed by atoms with E-state index in [1.54, 1.807) is 6.07 Å². The molecule has 0 radical (unpaired) electrons. The van der Waals surface area contributed by atoms with Crippen molar-refractivity contribution in [2.75, 3.05) is 11.9 Å². The van der Waals surface area contributed by atoms with Crippen LogP contribution in [0.25, 0.3) is 0 Å². The molecule has 1 aliphatic heterocycles. The Bertz CT molecular complexity index is 459. The van der Waals surface area contributed by atoms with Crippen LogP contribution in [0.4, 0.5) is 11.4 Å². The number of hydrogen-bond acceptors (Lipinski definition) is 4. The molecule has 84 valence electrons. The van der Waals surface area contributed by atoms with E-state index in [2.05, 4.69) is 10.6 Å². The number of nitrogens with zero attached hydrogens (tertiary/aromatic N) is 1. The number of benzene rings is 1. The van der Waals surface area contributed by atoms with Gasteiger partial charge in [0.05, 0.1) is 10.5 Å². The second-order valence-corrected chi connectivity index (χ2v) is 3.71. The topological polar surface area (TPSA) is 84.3 Å². The molecule has 0 spiro atoms. The first-order valence-electron chi connectivity index (χ1n) is 4.91. The minimum absolute atomic E-state index is 0.0358. The van der Waals surface area contributed by atoms with Gasteiger partial charge in [-0.3, -0.25) is 14.9 Å². The zero-order chi connectivity index (χ0) is 11.7. The highest BCUT2D eigenvalue weighted by Gasteiger charge is 2.25. The van der Waals surface area contributed by atoms with E-state index in [-0.39, 0.29) is 17.6 Å². The molecule has 6 heteroatoms. The van der Waals surface area contributed by atoms with E-state index in [1.807, 2.05) is 6.92 Å². The van der Waals surface area contributed by atoms with Crippen molar-refractivity contribution in [3.8, 4) is 0 Å². The van der Waals surface area contributed by atoms with Crippen molar-refractivity contribution in [1.29, 1.82) is 0 Å². The Kier molecular flexibility index (Phi) is 2.47. The van der Waals surface area contributed by atoms with Gasteiger partial charge in [0, 0.05) is 18.7 Å². The number of carbonyl (C=O) groups is 1. The van der Waals surface area contributed by atoms with Crippen LogP contribution in [0.1, 0.15) is 17.3 Å². The third-order valence-electron chi connectivity index (χ3n) is 2.44. The summed E-state index contributed by atoms with van der Waals surface area (Å²) in [4.78, 5) is 22.0. The van der Waals surface area contributed by atoms with Gasteiger partial charge < -0.3 is 10.6 Å². The minimum Gasteiger partial charge on any atom is -0.375 e. The summed E-state index contributed by atoms with van der Waals surface area (Å²) in [6, 6.07) is 4.43. The largest absolute Gasteiger partial charge is 0.375 e. The van der Waals surface area contributed by atoms with E-state index < -0.39 is 4.92 Å². The summed E-state index contributed by atoms with van der Waals surface area (Å²) in [7, 11) is 0. The molecule has 0 fully saturated rings. The summed E-state index contributed by atoms with van der Waals surface area (Å²) < 4.78 is 0. The van der Waals surface area contributed by atoms with Gasteiger partial charge in [-0.2, -0.15) is 0 Å². The second kappa shape index (κ2) is 3.80. The maximum absolute atomic E-state index is 11.7. The molecule has 1 aromatic rings. The van der Waals surface area contributed by atoms with Crippen LogP contribution in [0.15, 0.2) is 18.2 Å². The number of hydrogen-bond donors (Lipinski definition) is 2.